The van der Waals surface area contributed by atoms with Gasteiger partial charge in [0.05, 0.1) is 6.10 Å². The zero-order chi connectivity index (χ0) is 11.3. The van der Waals surface area contributed by atoms with Crippen molar-refractivity contribution in [3.05, 3.63) is 11.6 Å². The van der Waals surface area contributed by atoms with E-state index in [1.54, 1.807) is 0 Å². The molecule has 0 saturated heterocycles. The smallest absolute Gasteiger partial charge is 0.396 e. The minimum absolute atomic E-state index is 0.0232. The molecule has 1 atom stereocenters. The second-order valence-corrected chi connectivity index (χ2v) is 3.66. The first-order valence-electron chi connectivity index (χ1n) is 5.04. The highest BCUT2D eigenvalue weighted by Gasteiger charge is 2.33. The number of halogens is 3. The highest BCUT2D eigenvalue weighted by Crippen LogP contribution is 2.28. The highest BCUT2D eigenvalue weighted by molar-refractivity contribution is 5.05. The molecule has 88 valence electrons. The van der Waals surface area contributed by atoms with Crippen molar-refractivity contribution in [1.82, 2.24) is 0 Å². The van der Waals surface area contributed by atoms with E-state index in [1.807, 2.05) is 6.08 Å². The molecular formula is C10H15F3O2. The number of hydrogen-bond donors (Lipinski definition) is 1. The van der Waals surface area contributed by atoms with Gasteiger partial charge in [0.25, 0.3) is 0 Å². The first-order chi connectivity index (χ1) is 7.01. The fraction of sp³-hybridized carbons (Fsp3) is 0.800. The molecule has 0 heterocycles. The summed E-state index contributed by atoms with van der Waals surface area (Å²) < 4.78 is 40.0. The summed E-state index contributed by atoms with van der Waals surface area (Å²) in [6.45, 7) is -0.0232. The first kappa shape index (κ1) is 12.5. The predicted molar refractivity (Wildman–Crippen MR) is 49.2 cm³/mol. The van der Waals surface area contributed by atoms with E-state index in [0.29, 0.717) is 19.3 Å². The number of rotatable bonds is 3. The van der Waals surface area contributed by atoms with E-state index in [2.05, 4.69) is 4.74 Å². The Morgan fingerprint density at radius 1 is 1.47 bits per heavy atom. The molecule has 15 heavy (non-hydrogen) atoms. The van der Waals surface area contributed by atoms with Gasteiger partial charge in [0.2, 0.25) is 0 Å². The molecule has 1 rings (SSSR count). The fourth-order valence-electron chi connectivity index (χ4n) is 1.77. The van der Waals surface area contributed by atoms with Crippen molar-refractivity contribution in [2.75, 3.05) is 6.61 Å². The number of ether oxygens (including phenoxy) is 1. The van der Waals surface area contributed by atoms with Crippen molar-refractivity contribution >= 4 is 0 Å². The van der Waals surface area contributed by atoms with Gasteiger partial charge in [0, 0.05) is 6.61 Å². The lowest BCUT2D eigenvalue weighted by Gasteiger charge is -2.18. The lowest BCUT2D eigenvalue weighted by molar-refractivity contribution is -0.343. The Morgan fingerprint density at radius 2 is 2.20 bits per heavy atom. The van der Waals surface area contributed by atoms with Gasteiger partial charge < -0.3 is 5.11 Å². The Morgan fingerprint density at radius 3 is 2.80 bits per heavy atom. The Kier molecular flexibility index (Phi) is 4.60. The van der Waals surface area contributed by atoms with Crippen LogP contribution in [0.15, 0.2) is 11.6 Å². The third-order valence-electron chi connectivity index (χ3n) is 2.39. The minimum Gasteiger partial charge on any atom is -0.396 e. The summed E-state index contributed by atoms with van der Waals surface area (Å²) in [5.41, 5.74) is 0.865. The molecule has 0 saturated carbocycles. The number of hydrogen-bond acceptors (Lipinski definition) is 2. The number of allylic oxidation sites excluding steroid dienone is 1. The lowest BCUT2D eigenvalue weighted by Crippen LogP contribution is -2.24. The maximum absolute atomic E-state index is 12.0. The molecule has 0 fully saturated rings. The van der Waals surface area contributed by atoms with Gasteiger partial charge in [0.1, 0.15) is 0 Å². The Balaban J connectivity index is 2.49. The quantitative estimate of drug-likeness (QED) is 0.747. The molecule has 1 unspecified atom stereocenters. The van der Waals surface area contributed by atoms with Crippen LogP contribution in [0.25, 0.3) is 0 Å². The SMILES string of the molecule is OCCC1=CCCCC(OC(F)(F)F)C1. The van der Waals surface area contributed by atoms with Crippen LogP contribution in [0.1, 0.15) is 32.1 Å². The lowest BCUT2D eigenvalue weighted by atomic mass is 10.1. The van der Waals surface area contributed by atoms with E-state index in [4.69, 9.17) is 5.11 Å². The molecule has 1 aliphatic carbocycles. The zero-order valence-corrected chi connectivity index (χ0v) is 8.39. The number of aliphatic hydroxyl groups excluding tert-OH is 1. The summed E-state index contributed by atoms with van der Waals surface area (Å²) in [6.07, 6.45) is -0.814. The predicted octanol–water partition coefficient (Wildman–Crippen LogP) is 2.77. The zero-order valence-electron chi connectivity index (χ0n) is 8.39. The van der Waals surface area contributed by atoms with Crippen LogP contribution in [0.5, 0.6) is 0 Å². The molecule has 0 aromatic rings. The van der Waals surface area contributed by atoms with E-state index < -0.39 is 12.5 Å². The van der Waals surface area contributed by atoms with Gasteiger partial charge in [-0.2, -0.15) is 0 Å². The molecular weight excluding hydrogens is 209 g/mol. The van der Waals surface area contributed by atoms with Gasteiger partial charge in [-0.3, -0.25) is 4.74 Å². The molecule has 1 N–H and O–H groups in total. The van der Waals surface area contributed by atoms with Gasteiger partial charge in [0.15, 0.2) is 0 Å². The summed E-state index contributed by atoms with van der Waals surface area (Å²) in [7, 11) is 0. The van der Waals surface area contributed by atoms with E-state index in [0.717, 1.165) is 12.0 Å². The molecule has 0 aliphatic heterocycles. The van der Waals surface area contributed by atoms with Gasteiger partial charge in [-0.25, -0.2) is 0 Å². The molecule has 0 bridgehead atoms. The second kappa shape index (κ2) is 5.51. The van der Waals surface area contributed by atoms with Crippen LogP contribution in [0.3, 0.4) is 0 Å². The van der Waals surface area contributed by atoms with E-state index in [-0.39, 0.29) is 13.0 Å². The average molecular weight is 224 g/mol. The molecule has 0 aromatic carbocycles. The maximum atomic E-state index is 12.0. The molecule has 0 amide bonds. The third-order valence-corrected chi connectivity index (χ3v) is 2.39. The first-order valence-corrected chi connectivity index (χ1v) is 5.04. The van der Waals surface area contributed by atoms with Crippen LogP contribution in [-0.4, -0.2) is 24.2 Å². The summed E-state index contributed by atoms with van der Waals surface area (Å²) in [6, 6.07) is 0. The van der Waals surface area contributed by atoms with E-state index in [9.17, 15) is 13.2 Å². The van der Waals surface area contributed by atoms with Gasteiger partial charge in [-0.1, -0.05) is 11.6 Å². The fourth-order valence-corrected chi connectivity index (χ4v) is 1.77. The third kappa shape index (κ3) is 5.18. The summed E-state index contributed by atoms with van der Waals surface area (Å²) in [5, 5.41) is 8.73. The number of aliphatic hydroxyl groups is 1. The normalized spacial score (nSPS) is 23.5. The maximum Gasteiger partial charge on any atom is 0.522 e. The standard InChI is InChI=1S/C10H15F3O2/c11-10(12,13)15-9-4-2-1-3-8(7-9)5-6-14/h3,9,14H,1-2,4-7H2. The van der Waals surface area contributed by atoms with Crippen LogP contribution < -0.4 is 0 Å². The molecule has 0 radical (unpaired) electrons. The number of alkyl halides is 3. The molecule has 5 heteroatoms. The van der Waals surface area contributed by atoms with Crippen LogP contribution in [0.4, 0.5) is 13.2 Å². The average Bonchev–Trinajstić information content (AvgIpc) is 2.28. The van der Waals surface area contributed by atoms with Crippen LogP contribution in [-0.2, 0) is 4.74 Å². The van der Waals surface area contributed by atoms with Crippen molar-refractivity contribution < 1.29 is 23.0 Å². The van der Waals surface area contributed by atoms with Crippen molar-refractivity contribution in [2.24, 2.45) is 0 Å². The highest BCUT2D eigenvalue weighted by atomic mass is 19.4. The van der Waals surface area contributed by atoms with Crippen molar-refractivity contribution in [3.63, 3.8) is 0 Å². The summed E-state index contributed by atoms with van der Waals surface area (Å²) >= 11 is 0. The van der Waals surface area contributed by atoms with Crippen LogP contribution in [0, 0.1) is 0 Å². The van der Waals surface area contributed by atoms with Gasteiger partial charge >= 0.3 is 6.36 Å². The molecule has 2 nitrogen and oxygen atoms in total. The monoisotopic (exact) mass is 224 g/mol. The Labute approximate surface area is 86.7 Å². The molecule has 0 spiro atoms. The van der Waals surface area contributed by atoms with Crippen LogP contribution >= 0.6 is 0 Å². The summed E-state index contributed by atoms with van der Waals surface area (Å²) in [4.78, 5) is 0. The van der Waals surface area contributed by atoms with Gasteiger partial charge in [-0.15, -0.1) is 13.2 Å². The van der Waals surface area contributed by atoms with E-state index in [1.165, 1.54) is 0 Å². The minimum atomic E-state index is -4.56. The summed E-state index contributed by atoms with van der Waals surface area (Å²) in [5.74, 6) is 0. The van der Waals surface area contributed by atoms with Crippen molar-refractivity contribution in [1.29, 1.82) is 0 Å². The van der Waals surface area contributed by atoms with Crippen molar-refractivity contribution in [3.8, 4) is 0 Å². The van der Waals surface area contributed by atoms with Gasteiger partial charge in [-0.05, 0) is 32.1 Å². The Hall–Kier alpha value is -0.550. The van der Waals surface area contributed by atoms with E-state index >= 15 is 0 Å². The largest absolute Gasteiger partial charge is 0.522 e. The topological polar surface area (TPSA) is 29.5 Å². The second-order valence-electron chi connectivity index (χ2n) is 3.66. The Bertz CT molecular complexity index is 223. The molecule has 1 aliphatic rings. The molecule has 0 aromatic heterocycles. The van der Waals surface area contributed by atoms with Crippen LogP contribution in [0.2, 0.25) is 0 Å². The van der Waals surface area contributed by atoms with Crippen molar-refractivity contribution in [2.45, 2.75) is 44.6 Å².